The quantitative estimate of drug-likeness (QED) is 0.684. The molecular formula is C24H28N2O3. The fourth-order valence-corrected chi connectivity index (χ4v) is 3.54. The van der Waals surface area contributed by atoms with Gasteiger partial charge in [0.15, 0.2) is 0 Å². The lowest BCUT2D eigenvalue weighted by Crippen LogP contribution is -2.35. The molecule has 29 heavy (non-hydrogen) atoms. The first-order valence-electron chi connectivity index (χ1n) is 10.1. The van der Waals surface area contributed by atoms with Crippen LogP contribution < -0.4 is 5.32 Å². The molecule has 2 aromatic carbocycles. The van der Waals surface area contributed by atoms with Crippen molar-refractivity contribution in [2.24, 2.45) is 0 Å². The third-order valence-corrected chi connectivity index (χ3v) is 5.13. The lowest BCUT2D eigenvalue weighted by atomic mass is 9.93. The van der Waals surface area contributed by atoms with Gasteiger partial charge in [-0.1, -0.05) is 54.6 Å². The lowest BCUT2D eigenvalue weighted by Gasteiger charge is -2.32. The fraction of sp³-hybridized carbons (Fsp3) is 0.333. The SMILES string of the molecule is CC(=O)N1C=Cc2ccccc2[C@@H]1CC(=O)NCCCO[C@H](C)c1ccccc1. The van der Waals surface area contributed by atoms with Crippen LogP contribution in [0.4, 0.5) is 0 Å². The molecule has 0 saturated carbocycles. The van der Waals surface area contributed by atoms with Crippen molar-refractivity contribution in [3.05, 3.63) is 77.5 Å². The van der Waals surface area contributed by atoms with E-state index in [2.05, 4.69) is 5.32 Å². The van der Waals surface area contributed by atoms with Gasteiger partial charge in [0.1, 0.15) is 0 Å². The van der Waals surface area contributed by atoms with Crippen LogP contribution in [0.1, 0.15) is 55.5 Å². The van der Waals surface area contributed by atoms with Gasteiger partial charge in [-0.2, -0.15) is 0 Å². The summed E-state index contributed by atoms with van der Waals surface area (Å²) in [6.45, 7) is 4.67. The lowest BCUT2D eigenvalue weighted by molar-refractivity contribution is -0.129. The Balaban J connectivity index is 1.46. The van der Waals surface area contributed by atoms with E-state index in [-0.39, 0.29) is 30.4 Å². The highest BCUT2D eigenvalue weighted by Gasteiger charge is 2.27. The molecule has 0 unspecified atom stereocenters. The topological polar surface area (TPSA) is 58.6 Å². The summed E-state index contributed by atoms with van der Waals surface area (Å²) in [5.41, 5.74) is 3.19. The van der Waals surface area contributed by atoms with E-state index in [0.29, 0.717) is 13.2 Å². The van der Waals surface area contributed by atoms with Crippen LogP contribution >= 0.6 is 0 Å². The first-order chi connectivity index (χ1) is 14.1. The van der Waals surface area contributed by atoms with Crippen LogP contribution in [0.3, 0.4) is 0 Å². The molecule has 2 atom stereocenters. The van der Waals surface area contributed by atoms with Crippen molar-refractivity contribution < 1.29 is 14.3 Å². The summed E-state index contributed by atoms with van der Waals surface area (Å²) in [5, 5.41) is 2.95. The summed E-state index contributed by atoms with van der Waals surface area (Å²) in [6.07, 6.45) is 4.68. The number of carbonyl (C=O) groups excluding carboxylic acids is 2. The number of carbonyl (C=O) groups is 2. The number of nitrogens with zero attached hydrogens (tertiary/aromatic N) is 1. The molecule has 0 spiro atoms. The van der Waals surface area contributed by atoms with Crippen molar-refractivity contribution in [2.75, 3.05) is 13.2 Å². The number of nitrogens with one attached hydrogen (secondary N) is 1. The second-order valence-corrected chi connectivity index (χ2v) is 7.22. The van der Waals surface area contributed by atoms with E-state index in [1.807, 2.05) is 67.6 Å². The minimum atomic E-state index is -0.275. The van der Waals surface area contributed by atoms with E-state index >= 15 is 0 Å². The minimum Gasteiger partial charge on any atom is -0.374 e. The number of benzene rings is 2. The molecule has 1 N–H and O–H groups in total. The molecule has 1 heterocycles. The summed E-state index contributed by atoms with van der Waals surface area (Å²) < 4.78 is 5.84. The van der Waals surface area contributed by atoms with Crippen LogP contribution in [-0.4, -0.2) is 29.9 Å². The van der Waals surface area contributed by atoms with Gasteiger partial charge in [0, 0.05) is 26.3 Å². The van der Waals surface area contributed by atoms with E-state index in [1.165, 1.54) is 6.92 Å². The third-order valence-electron chi connectivity index (χ3n) is 5.13. The van der Waals surface area contributed by atoms with Crippen LogP contribution in [0.2, 0.25) is 0 Å². The monoisotopic (exact) mass is 392 g/mol. The molecule has 0 aromatic heterocycles. The molecule has 2 aromatic rings. The Morgan fingerprint density at radius 2 is 1.83 bits per heavy atom. The average Bonchev–Trinajstić information content (AvgIpc) is 2.74. The van der Waals surface area contributed by atoms with Gasteiger partial charge >= 0.3 is 0 Å². The van der Waals surface area contributed by atoms with Crippen LogP contribution in [-0.2, 0) is 14.3 Å². The minimum absolute atomic E-state index is 0.0292. The number of ether oxygens (including phenoxy) is 1. The molecule has 0 saturated heterocycles. The number of hydrogen-bond acceptors (Lipinski definition) is 3. The smallest absolute Gasteiger partial charge is 0.223 e. The predicted molar refractivity (Wildman–Crippen MR) is 114 cm³/mol. The normalized spacial score (nSPS) is 16.2. The van der Waals surface area contributed by atoms with Crippen LogP contribution in [0.15, 0.2) is 60.8 Å². The number of amides is 2. The van der Waals surface area contributed by atoms with Crippen molar-refractivity contribution in [1.82, 2.24) is 10.2 Å². The van der Waals surface area contributed by atoms with Gasteiger partial charge < -0.3 is 15.0 Å². The summed E-state index contributed by atoms with van der Waals surface area (Å²) in [6, 6.07) is 17.7. The van der Waals surface area contributed by atoms with Gasteiger partial charge in [-0.15, -0.1) is 0 Å². The molecule has 3 rings (SSSR count). The second-order valence-electron chi connectivity index (χ2n) is 7.22. The van der Waals surface area contributed by atoms with Gasteiger partial charge in [-0.3, -0.25) is 9.59 Å². The zero-order valence-electron chi connectivity index (χ0n) is 17.0. The molecule has 5 heteroatoms. The number of rotatable bonds is 8. The zero-order valence-corrected chi connectivity index (χ0v) is 17.0. The first-order valence-corrected chi connectivity index (χ1v) is 10.1. The Kier molecular flexibility index (Phi) is 7.19. The molecule has 0 fully saturated rings. The van der Waals surface area contributed by atoms with Gasteiger partial charge in [-0.05, 0) is 36.1 Å². The molecule has 2 amide bonds. The maximum atomic E-state index is 12.5. The highest BCUT2D eigenvalue weighted by atomic mass is 16.5. The molecular weight excluding hydrogens is 364 g/mol. The highest BCUT2D eigenvalue weighted by molar-refractivity contribution is 5.81. The van der Waals surface area contributed by atoms with Gasteiger partial charge in [0.2, 0.25) is 11.8 Å². The number of hydrogen-bond donors (Lipinski definition) is 1. The van der Waals surface area contributed by atoms with Crippen molar-refractivity contribution in [3.63, 3.8) is 0 Å². The highest BCUT2D eigenvalue weighted by Crippen LogP contribution is 2.32. The first kappa shape index (κ1) is 20.8. The Morgan fingerprint density at radius 3 is 2.59 bits per heavy atom. The van der Waals surface area contributed by atoms with Crippen molar-refractivity contribution in [3.8, 4) is 0 Å². The maximum Gasteiger partial charge on any atom is 0.223 e. The van der Waals surface area contributed by atoms with E-state index in [4.69, 9.17) is 4.74 Å². The predicted octanol–water partition coefficient (Wildman–Crippen LogP) is 4.23. The summed E-state index contributed by atoms with van der Waals surface area (Å²) >= 11 is 0. The van der Waals surface area contributed by atoms with Crippen LogP contribution in [0.25, 0.3) is 6.08 Å². The van der Waals surface area contributed by atoms with Crippen molar-refractivity contribution in [1.29, 1.82) is 0 Å². The molecule has 152 valence electrons. The Hall–Kier alpha value is -2.92. The molecule has 5 nitrogen and oxygen atoms in total. The molecule has 0 radical (unpaired) electrons. The van der Waals surface area contributed by atoms with E-state index in [9.17, 15) is 9.59 Å². The van der Waals surface area contributed by atoms with Crippen molar-refractivity contribution >= 4 is 17.9 Å². The molecule has 1 aliphatic rings. The van der Waals surface area contributed by atoms with E-state index in [0.717, 1.165) is 23.1 Å². The van der Waals surface area contributed by atoms with Gasteiger partial charge in [0.25, 0.3) is 0 Å². The third kappa shape index (κ3) is 5.55. The van der Waals surface area contributed by atoms with Crippen LogP contribution in [0.5, 0.6) is 0 Å². The Bertz CT molecular complexity index is 863. The summed E-state index contributed by atoms with van der Waals surface area (Å²) in [5.74, 6) is -0.140. The van der Waals surface area contributed by atoms with Crippen LogP contribution in [0, 0.1) is 0 Å². The van der Waals surface area contributed by atoms with Gasteiger partial charge in [0.05, 0.1) is 18.6 Å². The largest absolute Gasteiger partial charge is 0.374 e. The fourth-order valence-electron chi connectivity index (χ4n) is 3.54. The average molecular weight is 392 g/mol. The Labute approximate surface area is 172 Å². The summed E-state index contributed by atoms with van der Waals surface area (Å²) in [4.78, 5) is 26.1. The maximum absolute atomic E-state index is 12.5. The Morgan fingerprint density at radius 1 is 1.10 bits per heavy atom. The molecule has 0 aliphatic carbocycles. The van der Waals surface area contributed by atoms with Crippen molar-refractivity contribution in [2.45, 2.75) is 38.8 Å². The van der Waals surface area contributed by atoms with Gasteiger partial charge in [-0.25, -0.2) is 0 Å². The zero-order chi connectivity index (χ0) is 20.6. The standard InChI is InChI=1S/C24H28N2O3/c1-18(20-9-4-3-5-10-20)29-16-8-14-25-24(28)17-23-22-12-7-6-11-21(22)13-15-26(23)19(2)27/h3-7,9-13,15,18,23H,8,14,16-17H2,1-2H3,(H,25,28)/t18-,23+/m1/s1. The summed E-state index contributed by atoms with van der Waals surface area (Å²) in [7, 11) is 0. The molecule has 1 aliphatic heterocycles. The second kappa shape index (κ2) is 10.0. The number of fused-ring (bicyclic) bond motifs is 1. The molecule has 0 bridgehead atoms. The van der Waals surface area contributed by atoms with E-state index < -0.39 is 0 Å². The van der Waals surface area contributed by atoms with E-state index in [1.54, 1.807) is 11.1 Å².